The van der Waals surface area contributed by atoms with Crippen LogP contribution in [0.5, 0.6) is 11.5 Å². The van der Waals surface area contributed by atoms with E-state index in [1.165, 1.54) is 25.4 Å². The first kappa shape index (κ1) is 17.2. The van der Waals surface area contributed by atoms with E-state index in [1.54, 1.807) is 6.07 Å². The number of nitrogens with zero attached hydrogens (tertiary/aromatic N) is 3. The van der Waals surface area contributed by atoms with Crippen molar-refractivity contribution in [2.24, 2.45) is 5.10 Å². The lowest BCUT2D eigenvalue weighted by Crippen LogP contribution is -2.18. The van der Waals surface area contributed by atoms with E-state index in [0.29, 0.717) is 0 Å². The summed E-state index contributed by atoms with van der Waals surface area (Å²) in [5.41, 5.74) is 2.05. The van der Waals surface area contributed by atoms with Gasteiger partial charge in [0.2, 0.25) is 5.75 Å². The Morgan fingerprint density at radius 3 is 2.92 bits per heavy atom. The Balaban J connectivity index is 2.20. The van der Waals surface area contributed by atoms with E-state index in [4.69, 9.17) is 16.3 Å². The Bertz CT molecular complexity index is 825. The van der Waals surface area contributed by atoms with E-state index >= 15 is 0 Å². The minimum atomic E-state index is -0.761. The van der Waals surface area contributed by atoms with Crippen molar-refractivity contribution in [3.05, 3.63) is 56.9 Å². The third kappa shape index (κ3) is 3.76. The number of aromatic hydroxyl groups is 1. The number of hydrogen-bond acceptors (Lipinski definition) is 7. The van der Waals surface area contributed by atoms with Crippen molar-refractivity contribution >= 4 is 29.4 Å². The van der Waals surface area contributed by atoms with E-state index in [9.17, 15) is 20.0 Å². The van der Waals surface area contributed by atoms with E-state index in [-0.39, 0.29) is 22.0 Å². The van der Waals surface area contributed by atoms with Crippen molar-refractivity contribution in [2.75, 3.05) is 7.11 Å². The zero-order chi connectivity index (χ0) is 17.7. The van der Waals surface area contributed by atoms with Gasteiger partial charge in [0.1, 0.15) is 5.15 Å². The molecule has 0 spiro atoms. The van der Waals surface area contributed by atoms with Gasteiger partial charge >= 0.3 is 5.69 Å². The Kier molecular flexibility index (Phi) is 5.27. The molecule has 0 aliphatic carbocycles. The predicted octanol–water partition coefficient (Wildman–Crippen LogP) is 2.12. The molecule has 0 radical (unpaired) electrons. The first-order valence-electron chi connectivity index (χ1n) is 6.43. The van der Waals surface area contributed by atoms with Crippen molar-refractivity contribution in [3.63, 3.8) is 0 Å². The minimum Gasteiger partial charge on any atom is -0.500 e. The number of benzene rings is 1. The number of phenols is 1. The van der Waals surface area contributed by atoms with Gasteiger partial charge in [0.25, 0.3) is 5.91 Å². The fraction of sp³-hybridized carbons (Fsp3) is 0.0714. The second kappa shape index (κ2) is 7.38. The number of carbonyl (C=O) groups excluding carboxylic acids is 1. The summed E-state index contributed by atoms with van der Waals surface area (Å²) in [6.07, 6.45) is 2.60. The van der Waals surface area contributed by atoms with E-state index in [2.05, 4.69) is 15.5 Å². The highest BCUT2D eigenvalue weighted by Gasteiger charge is 2.19. The summed E-state index contributed by atoms with van der Waals surface area (Å²) in [7, 11) is 1.26. The van der Waals surface area contributed by atoms with Crippen molar-refractivity contribution in [2.45, 2.75) is 0 Å². The third-order valence-electron chi connectivity index (χ3n) is 2.88. The average Bonchev–Trinajstić information content (AvgIpc) is 2.56. The molecule has 0 saturated heterocycles. The van der Waals surface area contributed by atoms with Crippen molar-refractivity contribution in [3.8, 4) is 11.5 Å². The summed E-state index contributed by atoms with van der Waals surface area (Å²) in [6.45, 7) is 0. The van der Waals surface area contributed by atoms with Crippen LogP contribution in [0.3, 0.4) is 0 Å². The smallest absolute Gasteiger partial charge is 0.315 e. The summed E-state index contributed by atoms with van der Waals surface area (Å²) in [5, 5.41) is 24.3. The maximum Gasteiger partial charge on any atom is 0.315 e. The molecule has 1 heterocycles. The zero-order valence-electron chi connectivity index (χ0n) is 12.3. The van der Waals surface area contributed by atoms with Gasteiger partial charge in [-0.3, -0.25) is 14.9 Å². The minimum absolute atomic E-state index is 0.0205. The number of phenolic OH excluding ortho intramolecular Hbond substituents is 1. The van der Waals surface area contributed by atoms with Crippen LogP contribution in [0, 0.1) is 10.1 Å². The van der Waals surface area contributed by atoms with E-state index in [1.807, 2.05) is 0 Å². The number of amides is 1. The van der Waals surface area contributed by atoms with Crippen molar-refractivity contribution in [1.82, 2.24) is 10.4 Å². The van der Waals surface area contributed by atoms with Gasteiger partial charge < -0.3 is 9.84 Å². The molecule has 0 aliphatic rings. The molecule has 0 bridgehead atoms. The number of carbonyl (C=O) groups is 1. The Morgan fingerprint density at radius 2 is 2.29 bits per heavy atom. The van der Waals surface area contributed by atoms with Crippen molar-refractivity contribution in [1.29, 1.82) is 0 Å². The number of aromatic nitrogens is 1. The molecule has 24 heavy (non-hydrogen) atoms. The zero-order valence-corrected chi connectivity index (χ0v) is 13.0. The first-order valence-corrected chi connectivity index (χ1v) is 6.81. The Labute approximate surface area is 140 Å². The molecule has 2 aromatic rings. The monoisotopic (exact) mass is 350 g/mol. The fourth-order valence-electron chi connectivity index (χ4n) is 1.76. The molecule has 2 N–H and O–H groups in total. The number of hydrogen-bond donors (Lipinski definition) is 2. The number of ether oxygens (including phenoxy) is 1. The van der Waals surface area contributed by atoms with E-state index < -0.39 is 22.3 Å². The topological polar surface area (TPSA) is 127 Å². The molecule has 9 nitrogen and oxygen atoms in total. The molecule has 0 atom stereocenters. The first-order chi connectivity index (χ1) is 11.4. The molecule has 124 valence electrons. The molecular weight excluding hydrogens is 340 g/mol. The van der Waals surface area contributed by atoms with Crippen LogP contribution in [0.15, 0.2) is 35.6 Å². The Morgan fingerprint density at radius 1 is 1.54 bits per heavy atom. The second-order valence-corrected chi connectivity index (χ2v) is 4.75. The fourth-order valence-corrected chi connectivity index (χ4v) is 1.97. The molecule has 1 aromatic carbocycles. The lowest BCUT2D eigenvalue weighted by molar-refractivity contribution is -0.386. The van der Waals surface area contributed by atoms with Gasteiger partial charge in [0.05, 0.1) is 23.8 Å². The van der Waals surface area contributed by atoms with Gasteiger partial charge in [-0.2, -0.15) is 5.10 Å². The van der Waals surface area contributed by atoms with Crippen LogP contribution in [-0.2, 0) is 0 Å². The molecule has 0 saturated carbocycles. The van der Waals surface area contributed by atoms with Gasteiger partial charge in [0, 0.05) is 17.8 Å². The van der Waals surface area contributed by atoms with Crippen LogP contribution in [0.2, 0.25) is 5.15 Å². The second-order valence-electron chi connectivity index (χ2n) is 4.39. The van der Waals surface area contributed by atoms with Gasteiger partial charge in [-0.1, -0.05) is 11.6 Å². The maximum absolute atomic E-state index is 11.9. The van der Waals surface area contributed by atoms with Gasteiger partial charge in [-0.15, -0.1) is 0 Å². The highest BCUT2D eigenvalue weighted by atomic mass is 35.5. The molecule has 1 aromatic heterocycles. The van der Waals surface area contributed by atoms with Gasteiger partial charge in [0.15, 0.2) is 5.75 Å². The van der Waals surface area contributed by atoms with Crippen LogP contribution in [0.1, 0.15) is 15.9 Å². The molecule has 1 amide bonds. The lowest BCUT2D eigenvalue weighted by atomic mass is 10.2. The number of halogens is 1. The molecule has 10 heteroatoms. The number of pyridine rings is 1. The van der Waals surface area contributed by atoms with Gasteiger partial charge in [-0.05, 0) is 18.2 Å². The largest absolute Gasteiger partial charge is 0.500 e. The summed E-state index contributed by atoms with van der Waals surface area (Å²) >= 11 is 5.78. The van der Waals surface area contributed by atoms with Crippen molar-refractivity contribution < 1.29 is 19.6 Å². The maximum atomic E-state index is 11.9. The molecular formula is C14H11ClN4O5. The summed E-state index contributed by atoms with van der Waals surface area (Å²) in [5.74, 6) is -1.28. The number of nitrogens with one attached hydrogen (secondary N) is 1. The highest BCUT2D eigenvalue weighted by molar-refractivity contribution is 6.32. The third-order valence-corrected chi connectivity index (χ3v) is 3.18. The Hall–Kier alpha value is -3.20. The predicted molar refractivity (Wildman–Crippen MR) is 85.6 cm³/mol. The highest BCUT2D eigenvalue weighted by Crippen LogP contribution is 2.36. The SMILES string of the molecule is COc1cc(/C=N/NC(=O)c2cccnc2Cl)cc([N+](=O)[O-])c1O. The summed E-state index contributed by atoms with van der Waals surface area (Å²) in [4.78, 5) is 25.8. The van der Waals surface area contributed by atoms with Crippen LogP contribution in [0.4, 0.5) is 5.69 Å². The summed E-state index contributed by atoms with van der Waals surface area (Å²) in [6, 6.07) is 5.42. The normalized spacial score (nSPS) is 10.6. The van der Waals surface area contributed by atoms with Gasteiger partial charge in [-0.25, -0.2) is 10.4 Å². The number of methoxy groups -OCH3 is 1. The summed E-state index contributed by atoms with van der Waals surface area (Å²) < 4.78 is 4.86. The number of nitro benzene ring substituents is 1. The van der Waals surface area contributed by atoms with Crippen LogP contribution < -0.4 is 10.2 Å². The van der Waals surface area contributed by atoms with Crippen LogP contribution in [0.25, 0.3) is 0 Å². The van der Waals surface area contributed by atoms with E-state index in [0.717, 1.165) is 12.3 Å². The number of nitro groups is 1. The molecule has 0 fully saturated rings. The standard InChI is InChI=1S/C14H11ClN4O5/c1-24-11-6-8(5-10(12(11)20)19(22)23)7-17-18-14(21)9-3-2-4-16-13(9)15/h2-7,20H,1H3,(H,18,21)/b17-7+. The number of rotatable bonds is 5. The molecule has 0 aliphatic heterocycles. The lowest BCUT2D eigenvalue weighted by Gasteiger charge is -2.05. The molecule has 0 unspecified atom stereocenters. The number of hydrazone groups is 1. The average molecular weight is 351 g/mol. The van der Waals surface area contributed by atoms with Crippen LogP contribution >= 0.6 is 11.6 Å². The van der Waals surface area contributed by atoms with Crippen LogP contribution in [-0.4, -0.2) is 34.2 Å². The molecule has 2 rings (SSSR count). The quantitative estimate of drug-likeness (QED) is 0.368.